The molecular formula is C6H10N2O3. The molecular weight excluding hydrogens is 148 g/mol. The first kappa shape index (κ1) is 8.00. The zero-order valence-corrected chi connectivity index (χ0v) is 6.15. The van der Waals surface area contributed by atoms with Crippen molar-refractivity contribution >= 4 is 11.9 Å². The van der Waals surface area contributed by atoms with Crippen LogP contribution in [0.25, 0.3) is 0 Å². The molecule has 2 unspecified atom stereocenters. The van der Waals surface area contributed by atoms with E-state index in [1.165, 1.54) is 11.9 Å². The van der Waals surface area contributed by atoms with E-state index in [0.717, 1.165) is 0 Å². The molecule has 1 amide bonds. The molecule has 11 heavy (non-hydrogen) atoms. The van der Waals surface area contributed by atoms with Crippen LogP contribution >= 0.6 is 0 Å². The zero-order valence-electron chi connectivity index (χ0n) is 6.15. The van der Waals surface area contributed by atoms with Gasteiger partial charge in [-0.2, -0.15) is 0 Å². The van der Waals surface area contributed by atoms with Crippen LogP contribution in [0.3, 0.4) is 0 Å². The molecule has 0 bridgehead atoms. The molecule has 1 aliphatic heterocycles. The first-order chi connectivity index (χ1) is 5.04. The molecule has 0 aromatic heterocycles. The smallest absolute Gasteiger partial charge is 0.326 e. The van der Waals surface area contributed by atoms with Gasteiger partial charge in [0.1, 0.15) is 6.04 Å². The lowest BCUT2D eigenvalue weighted by Gasteiger charge is -2.13. The Morgan fingerprint density at radius 3 is 2.55 bits per heavy atom. The van der Waals surface area contributed by atoms with E-state index >= 15 is 0 Å². The summed E-state index contributed by atoms with van der Waals surface area (Å²) in [6.45, 7) is 0. The number of hydrogen-bond acceptors (Lipinski definition) is 3. The molecule has 0 aliphatic carbocycles. The van der Waals surface area contributed by atoms with Crippen molar-refractivity contribution in [1.82, 2.24) is 4.90 Å². The van der Waals surface area contributed by atoms with E-state index in [1.807, 2.05) is 0 Å². The number of hydrogen-bond donors (Lipinski definition) is 2. The molecule has 1 saturated heterocycles. The lowest BCUT2D eigenvalue weighted by atomic mass is 10.2. The lowest BCUT2D eigenvalue weighted by molar-refractivity contribution is -0.145. The van der Waals surface area contributed by atoms with Crippen LogP contribution in [0, 0.1) is 0 Å². The summed E-state index contributed by atoms with van der Waals surface area (Å²) < 4.78 is 0. The normalized spacial score (nSPS) is 31.1. The van der Waals surface area contributed by atoms with E-state index in [2.05, 4.69) is 0 Å². The Kier molecular flexibility index (Phi) is 1.82. The van der Waals surface area contributed by atoms with Crippen LogP contribution in [0.5, 0.6) is 0 Å². The average molecular weight is 158 g/mol. The standard InChI is InChI=1S/C6H10N2O3/c1-8-4(6(10)11)2-3(7)5(8)9/h3-4H,2,7H2,1H3,(H,10,11). The van der Waals surface area contributed by atoms with E-state index in [0.29, 0.717) is 0 Å². The topological polar surface area (TPSA) is 83.6 Å². The Labute approximate surface area is 63.8 Å². The van der Waals surface area contributed by atoms with Crippen LogP contribution in [0.4, 0.5) is 0 Å². The molecule has 0 radical (unpaired) electrons. The molecule has 1 aliphatic rings. The van der Waals surface area contributed by atoms with Gasteiger partial charge >= 0.3 is 5.97 Å². The van der Waals surface area contributed by atoms with E-state index in [-0.39, 0.29) is 12.3 Å². The SMILES string of the molecule is CN1C(=O)C(N)CC1C(=O)O. The Bertz CT molecular complexity index is 204. The number of carboxylic acid groups (broad SMARTS) is 1. The lowest BCUT2D eigenvalue weighted by Crippen LogP contribution is -2.36. The molecule has 1 rings (SSSR count). The fourth-order valence-corrected chi connectivity index (χ4v) is 1.18. The third kappa shape index (κ3) is 1.19. The van der Waals surface area contributed by atoms with Crippen LogP contribution < -0.4 is 5.73 Å². The van der Waals surface area contributed by atoms with E-state index in [1.54, 1.807) is 0 Å². The highest BCUT2D eigenvalue weighted by Gasteiger charge is 2.38. The predicted molar refractivity (Wildman–Crippen MR) is 36.8 cm³/mol. The quantitative estimate of drug-likeness (QED) is 0.493. The third-order valence-corrected chi connectivity index (χ3v) is 1.89. The van der Waals surface area contributed by atoms with Gasteiger partial charge in [0.2, 0.25) is 5.91 Å². The number of carboxylic acids is 1. The summed E-state index contributed by atoms with van der Waals surface area (Å²) in [4.78, 5) is 22.6. The maximum Gasteiger partial charge on any atom is 0.326 e. The van der Waals surface area contributed by atoms with Crippen LogP contribution in [-0.2, 0) is 9.59 Å². The monoisotopic (exact) mass is 158 g/mol. The van der Waals surface area contributed by atoms with Crippen LogP contribution in [0.1, 0.15) is 6.42 Å². The van der Waals surface area contributed by atoms with Crippen molar-refractivity contribution in [2.24, 2.45) is 5.73 Å². The van der Waals surface area contributed by atoms with Crippen molar-refractivity contribution in [3.63, 3.8) is 0 Å². The highest BCUT2D eigenvalue weighted by atomic mass is 16.4. The molecule has 5 nitrogen and oxygen atoms in total. The van der Waals surface area contributed by atoms with Crippen molar-refractivity contribution in [2.75, 3.05) is 7.05 Å². The second-order valence-corrected chi connectivity index (χ2v) is 2.65. The number of amides is 1. The van der Waals surface area contributed by atoms with Gasteiger partial charge in [-0.25, -0.2) is 4.79 Å². The van der Waals surface area contributed by atoms with E-state index < -0.39 is 18.1 Å². The number of rotatable bonds is 1. The summed E-state index contributed by atoms with van der Waals surface area (Å²) in [5.74, 6) is -1.29. The van der Waals surface area contributed by atoms with Crippen molar-refractivity contribution < 1.29 is 14.7 Å². The van der Waals surface area contributed by atoms with Gasteiger partial charge in [-0.05, 0) is 0 Å². The van der Waals surface area contributed by atoms with Gasteiger partial charge in [-0.15, -0.1) is 0 Å². The first-order valence-electron chi connectivity index (χ1n) is 3.29. The molecule has 0 spiro atoms. The van der Waals surface area contributed by atoms with Crippen molar-refractivity contribution in [2.45, 2.75) is 18.5 Å². The average Bonchev–Trinajstić information content (AvgIpc) is 2.17. The zero-order chi connectivity index (χ0) is 8.59. The van der Waals surface area contributed by atoms with Crippen molar-refractivity contribution in [3.8, 4) is 0 Å². The minimum absolute atomic E-state index is 0.213. The number of carbonyl (C=O) groups excluding carboxylic acids is 1. The summed E-state index contributed by atoms with van der Waals surface area (Å²) in [5.41, 5.74) is 5.34. The number of nitrogens with two attached hydrogens (primary N) is 1. The number of likely N-dealkylation sites (N-methyl/N-ethyl adjacent to an activating group) is 1. The molecule has 62 valence electrons. The summed E-state index contributed by atoms with van der Waals surface area (Å²) in [7, 11) is 1.45. The van der Waals surface area contributed by atoms with Crippen molar-refractivity contribution in [1.29, 1.82) is 0 Å². The van der Waals surface area contributed by atoms with Crippen LogP contribution in [0.15, 0.2) is 0 Å². The van der Waals surface area contributed by atoms with Gasteiger partial charge in [0, 0.05) is 13.5 Å². The van der Waals surface area contributed by atoms with Gasteiger partial charge in [-0.1, -0.05) is 0 Å². The minimum atomic E-state index is -0.992. The molecule has 0 aromatic rings. The van der Waals surface area contributed by atoms with E-state index in [9.17, 15) is 9.59 Å². The first-order valence-corrected chi connectivity index (χ1v) is 3.29. The van der Waals surface area contributed by atoms with Gasteiger partial charge in [-0.3, -0.25) is 4.79 Å². The summed E-state index contributed by atoms with van der Waals surface area (Å²) in [5, 5.41) is 8.57. The molecule has 3 N–H and O–H groups in total. The van der Waals surface area contributed by atoms with Gasteiger partial charge < -0.3 is 15.7 Å². The van der Waals surface area contributed by atoms with Gasteiger partial charge in [0.25, 0.3) is 0 Å². The maximum atomic E-state index is 11.0. The van der Waals surface area contributed by atoms with Crippen LogP contribution in [0.2, 0.25) is 0 Å². The molecule has 1 heterocycles. The minimum Gasteiger partial charge on any atom is -0.480 e. The Morgan fingerprint density at radius 2 is 2.36 bits per heavy atom. The van der Waals surface area contributed by atoms with Gasteiger partial charge in [0.05, 0.1) is 6.04 Å². The number of nitrogens with zero attached hydrogens (tertiary/aromatic N) is 1. The molecule has 5 heteroatoms. The number of aliphatic carboxylic acids is 1. The fourth-order valence-electron chi connectivity index (χ4n) is 1.18. The number of likely N-dealkylation sites (tertiary alicyclic amines) is 1. The Balaban J connectivity index is 2.75. The Hall–Kier alpha value is -1.10. The second-order valence-electron chi connectivity index (χ2n) is 2.65. The molecule has 0 aromatic carbocycles. The highest BCUT2D eigenvalue weighted by molar-refractivity contribution is 5.90. The Morgan fingerprint density at radius 1 is 1.82 bits per heavy atom. The second kappa shape index (κ2) is 2.50. The predicted octanol–water partition coefficient (Wildman–Crippen LogP) is -1.37. The maximum absolute atomic E-state index is 11.0. The molecule has 1 fully saturated rings. The van der Waals surface area contributed by atoms with Gasteiger partial charge in [0.15, 0.2) is 0 Å². The molecule has 2 atom stereocenters. The number of carbonyl (C=O) groups is 2. The van der Waals surface area contributed by atoms with Crippen LogP contribution in [-0.4, -0.2) is 41.0 Å². The summed E-state index contributed by atoms with van der Waals surface area (Å²) >= 11 is 0. The van der Waals surface area contributed by atoms with E-state index in [4.69, 9.17) is 10.8 Å². The summed E-state index contributed by atoms with van der Waals surface area (Å²) in [6, 6.07) is -1.38. The molecule has 0 saturated carbocycles. The van der Waals surface area contributed by atoms with Crippen molar-refractivity contribution in [3.05, 3.63) is 0 Å². The largest absolute Gasteiger partial charge is 0.480 e. The fraction of sp³-hybridized carbons (Fsp3) is 0.667. The summed E-state index contributed by atoms with van der Waals surface area (Å²) in [6.07, 6.45) is 0.213. The third-order valence-electron chi connectivity index (χ3n) is 1.89. The highest BCUT2D eigenvalue weighted by Crippen LogP contribution is 2.15.